The van der Waals surface area contributed by atoms with Crippen LogP contribution in [0, 0.1) is 0 Å². The molecular weight excluding hydrogens is 845 g/mol. The van der Waals surface area contributed by atoms with Crippen molar-refractivity contribution in [1.29, 1.82) is 0 Å². The van der Waals surface area contributed by atoms with Gasteiger partial charge in [-0.15, -0.1) is 45.3 Å². The van der Waals surface area contributed by atoms with E-state index < -0.39 is 0 Å². The fraction of sp³-hybridized carbons (Fsp3) is 0.0385. The summed E-state index contributed by atoms with van der Waals surface area (Å²) in [5, 5.41) is 8.18. The molecule has 0 spiro atoms. The molecule has 292 valence electrons. The second kappa shape index (κ2) is 12.0. The van der Waals surface area contributed by atoms with Gasteiger partial charge in [-0.3, -0.25) is 19.2 Å². The van der Waals surface area contributed by atoms with Gasteiger partial charge in [0.1, 0.15) is 0 Å². The second-order valence-electron chi connectivity index (χ2n) is 16.4. The summed E-state index contributed by atoms with van der Waals surface area (Å²) >= 11 is 6.80. The predicted octanol–water partition coefficient (Wildman–Crippen LogP) is 13.9. The molecule has 62 heavy (non-hydrogen) atoms. The van der Waals surface area contributed by atoms with Crippen LogP contribution in [0.15, 0.2) is 120 Å². The number of nitrogens with zero attached hydrogens (tertiary/aromatic N) is 2. The SMILES string of the molecule is Cn1c2cc(C=C3C(=O)c4cc5cc6ccccc6cc5cc4C3=O)sc2c2sc3c(sc4c5sc(C=C6C(=O)c7cc8cc9ccccc9cc8cc7C6=O)cc5n(C)c43)c21. The zero-order chi connectivity index (χ0) is 41.4. The molecule has 12 aromatic rings. The van der Waals surface area contributed by atoms with Gasteiger partial charge in [0.2, 0.25) is 0 Å². The quantitative estimate of drug-likeness (QED) is 0.0985. The third kappa shape index (κ3) is 4.51. The molecule has 14 rings (SSSR count). The Hall–Kier alpha value is -6.82. The van der Waals surface area contributed by atoms with Crippen molar-refractivity contribution in [3.05, 3.63) is 152 Å². The van der Waals surface area contributed by atoms with Crippen LogP contribution in [0.3, 0.4) is 0 Å². The van der Waals surface area contributed by atoms with E-state index in [1.54, 1.807) is 57.5 Å². The summed E-state index contributed by atoms with van der Waals surface area (Å²) < 4.78 is 11.6. The molecule has 0 N–H and O–H groups in total. The van der Waals surface area contributed by atoms with Crippen LogP contribution >= 0.6 is 45.3 Å². The number of hydrogen-bond acceptors (Lipinski definition) is 8. The van der Waals surface area contributed by atoms with Crippen LogP contribution in [0.25, 0.3) is 106 Å². The van der Waals surface area contributed by atoms with Crippen LogP contribution < -0.4 is 0 Å². The van der Waals surface area contributed by atoms with Crippen LogP contribution in [-0.4, -0.2) is 32.3 Å². The van der Waals surface area contributed by atoms with Crippen molar-refractivity contribution in [3.63, 3.8) is 0 Å². The number of aryl methyl sites for hydroxylation is 2. The summed E-state index contributed by atoms with van der Waals surface area (Å²) in [5.74, 6) is -0.893. The molecule has 2 aliphatic carbocycles. The van der Waals surface area contributed by atoms with Gasteiger partial charge in [-0.2, -0.15) is 0 Å². The first kappa shape index (κ1) is 34.8. The average Bonchev–Trinajstić information content (AvgIpc) is 4.16. The minimum Gasteiger partial charge on any atom is -0.341 e. The van der Waals surface area contributed by atoms with E-state index in [1.807, 2.05) is 48.5 Å². The Morgan fingerprint density at radius 2 is 0.677 bits per heavy atom. The lowest BCUT2D eigenvalue weighted by atomic mass is 9.99. The van der Waals surface area contributed by atoms with Gasteiger partial charge in [-0.25, -0.2) is 0 Å². The van der Waals surface area contributed by atoms with E-state index in [0.29, 0.717) is 22.3 Å². The third-order valence-corrected chi connectivity index (χ3v) is 17.9. The van der Waals surface area contributed by atoms with Crippen LogP contribution in [0.4, 0.5) is 0 Å². The molecule has 0 atom stereocenters. The van der Waals surface area contributed by atoms with E-state index in [-0.39, 0.29) is 34.3 Å². The number of allylic oxidation sites excluding steroid dienone is 2. The number of hydrogen-bond donors (Lipinski definition) is 0. The van der Waals surface area contributed by atoms with Gasteiger partial charge >= 0.3 is 0 Å². The Labute approximate surface area is 366 Å². The maximum atomic E-state index is 13.8. The first-order valence-corrected chi connectivity index (χ1v) is 23.3. The lowest BCUT2D eigenvalue weighted by molar-refractivity contribution is 0.0975. The highest BCUT2D eigenvalue weighted by atomic mass is 32.1. The van der Waals surface area contributed by atoms with Crippen molar-refractivity contribution in [2.24, 2.45) is 14.1 Å². The van der Waals surface area contributed by atoms with Gasteiger partial charge in [-0.05, 0) is 116 Å². The molecule has 0 unspecified atom stereocenters. The third-order valence-electron chi connectivity index (χ3n) is 13.0. The highest BCUT2D eigenvalue weighted by molar-refractivity contribution is 7.40. The number of rotatable bonds is 2. The van der Waals surface area contributed by atoms with Crippen molar-refractivity contribution >= 4 is 174 Å². The van der Waals surface area contributed by atoms with Gasteiger partial charge in [0, 0.05) is 46.1 Å². The summed E-state index contributed by atoms with van der Waals surface area (Å²) in [7, 11) is 4.18. The number of Topliss-reactive ketones (excluding diaryl/α,β-unsaturated/α-hetero) is 4. The zero-order valence-electron chi connectivity index (χ0n) is 32.7. The molecule has 0 radical (unpaired) electrons. The van der Waals surface area contributed by atoms with Gasteiger partial charge in [0.05, 0.1) is 61.4 Å². The number of aromatic nitrogens is 2. The number of ketones is 4. The molecule has 10 heteroatoms. The highest BCUT2D eigenvalue weighted by Crippen LogP contribution is 2.52. The molecule has 0 bridgehead atoms. The van der Waals surface area contributed by atoms with Gasteiger partial charge < -0.3 is 9.13 Å². The average molecular weight is 871 g/mol. The van der Waals surface area contributed by atoms with Crippen LogP contribution in [0.2, 0.25) is 0 Å². The molecule has 0 saturated carbocycles. The summed E-state index contributed by atoms with van der Waals surface area (Å²) in [6.45, 7) is 0. The largest absolute Gasteiger partial charge is 0.341 e. The number of thiophene rings is 4. The van der Waals surface area contributed by atoms with Crippen LogP contribution in [0.1, 0.15) is 51.2 Å². The van der Waals surface area contributed by atoms with E-state index >= 15 is 0 Å². The van der Waals surface area contributed by atoms with E-state index in [4.69, 9.17) is 0 Å². The van der Waals surface area contributed by atoms with Crippen molar-refractivity contribution in [3.8, 4) is 0 Å². The topological polar surface area (TPSA) is 78.1 Å². The van der Waals surface area contributed by atoms with Crippen LogP contribution in [-0.2, 0) is 14.1 Å². The fourth-order valence-corrected chi connectivity index (χ4v) is 15.5. The monoisotopic (exact) mass is 870 g/mol. The Bertz CT molecular complexity index is 3840. The first-order chi connectivity index (χ1) is 30.2. The zero-order valence-corrected chi connectivity index (χ0v) is 36.0. The molecule has 6 aromatic heterocycles. The molecular formula is C52H26N2O4S4. The minimum absolute atomic E-state index is 0.212. The van der Waals surface area contributed by atoms with Crippen molar-refractivity contribution in [2.45, 2.75) is 0 Å². The number of carbonyl (C=O) groups excluding carboxylic acids is 4. The summed E-state index contributed by atoms with van der Waals surface area (Å²) in [4.78, 5) is 56.9. The standard InChI is InChI=1S/C52H26N2O4S4/c1-53-39-21-31(19-37-43(55)33-15-27-11-23-7-3-4-8-24(23)12-28(27)16-34(33)44(37)56)59-47(39)49-41(53)51-52(61-49)42-50(62-51)48-40(54(42)2)22-32(60-48)20-38-45(57)35-17-29-13-25-9-5-6-10-26(25)14-30(29)18-36(35)46(38)58/h3-22H,1-2H3. The summed E-state index contributed by atoms with van der Waals surface area (Å²) in [6.07, 6.45) is 3.56. The molecule has 6 aromatic carbocycles. The Kier molecular flexibility index (Phi) is 6.72. The van der Waals surface area contributed by atoms with Crippen molar-refractivity contribution < 1.29 is 19.2 Å². The van der Waals surface area contributed by atoms with Crippen molar-refractivity contribution in [2.75, 3.05) is 0 Å². The molecule has 0 fully saturated rings. The lowest BCUT2D eigenvalue weighted by Gasteiger charge is -2.04. The lowest BCUT2D eigenvalue weighted by Crippen LogP contribution is -1.99. The molecule has 2 aliphatic rings. The number of carbonyl (C=O) groups is 4. The van der Waals surface area contributed by atoms with Gasteiger partial charge in [-0.1, -0.05) is 48.5 Å². The fourth-order valence-electron chi connectivity index (χ4n) is 9.90. The smallest absolute Gasteiger partial charge is 0.197 e. The Morgan fingerprint density at radius 1 is 0.371 bits per heavy atom. The van der Waals surface area contributed by atoms with Crippen LogP contribution in [0.5, 0.6) is 0 Å². The van der Waals surface area contributed by atoms with Gasteiger partial charge in [0.15, 0.2) is 23.1 Å². The number of fused-ring (bicyclic) bond motifs is 15. The highest BCUT2D eigenvalue weighted by Gasteiger charge is 2.35. The molecule has 0 amide bonds. The maximum Gasteiger partial charge on any atom is 0.197 e. The summed E-state index contributed by atoms with van der Waals surface area (Å²) in [5.41, 5.74) is 6.79. The predicted molar refractivity (Wildman–Crippen MR) is 260 cm³/mol. The van der Waals surface area contributed by atoms with E-state index in [2.05, 4.69) is 83.9 Å². The maximum absolute atomic E-state index is 13.8. The van der Waals surface area contributed by atoms with Crippen molar-refractivity contribution in [1.82, 2.24) is 9.13 Å². The minimum atomic E-state index is -0.223. The normalized spacial score (nSPS) is 14.4. The molecule has 0 aliphatic heterocycles. The Balaban J connectivity index is 0.823. The molecule has 6 heterocycles. The molecule has 0 saturated heterocycles. The second-order valence-corrected chi connectivity index (χ2v) is 20.6. The summed E-state index contributed by atoms with van der Waals surface area (Å²) in [6, 6.07) is 36.3. The number of benzene rings is 6. The van der Waals surface area contributed by atoms with E-state index in [1.165, 1.54) is 29.8 Å². The van der Waals surface area contributed by atoms with E-state index in [9.17, 15) is 19.2 Å². The first-order valence-electron chi connectivity index (χ1n) is 20.1. The van der Waals surface area contributed by atoms with E-state index in [0.717, 1.165) is 73.3 Å². The Morgan fingerprint density at radius 3 is 1.00 bits per heavy atom. The van der Waals surface area contributed by atoms with Gasteiger partial charge in [0.25, 0.3) is 0 Å². The molecule has 6 nitrogen and oxygen atoms in total.